The van der Waals surface area contributed by atoms with Gasteiger partial charge in [-0.25, -0.2) is 0 Å². The summed E-state index contributed by atoms with van der Waals surface area (Å²) < 4.78 is 0. The highest BCUT2D eigenvalue weighted by Gasteiger charge is 2.66. The Morgan fingerprint density at radius 3 is 1.15 bits per heavy atom. The van der Waals surface area contributed by atoms with Crippen molar-refractivity contribution in [1.82, 2.24) is 0 Å². The molecule has 0 N–H and O–H groups in total. The maximum absolute atomic E-state index is 7.09. The van der Waals surface area contributed by atoms with E-state index in [1.807, 2.05) is 0 Å². The van der Waals surface area contributed by atoms with Crippen LogP contribution in [0.25, 0.3) is 11.1 Å². The van der Waals surface area contributed by atoms with E-state index in [1.165, 1.54) is 176 Å². The highest BCUT2D eigenvalue weighted by Crippen LogP contribution is 2.72. The molecule has 0 bridgehead atoms. The van der Waals surface area contributed by atoms with E-state index < -0.39 is 0 Å². The van der Waals surface area contributed by atoms with Crippen molar-refractivity contribution >= 4 is 26.6 Å². The molecule has 3 aliphatic rings. The van der Waals surface area contributed by atoms with E-state index in [0.717, 1.165) is 35.6 Å². The zero-order valence-electron chi connectivity index (χ0n) is 32.0. The Hall–Kier alpha value is -1.43. The van der Waals surface area contributed by atoms with Crippen LogP contribution in [0.15, 0.2) is 24.3 Å². The van der Waals surface area contributed by atoms with Gasteiger partial charge in [-0.05, 0) is 85.5 Å². The monoisotopic (exact) mass is 645 g/mol. The molecule has 0 amide bonds. The summed E-state index contributed by atoms with van der Waals surface area (Å²) in [6.45, 7) is 9.28. The summed E-state index contributed by atoms with van der Waals surface area (Å²) >= 11 is 0. The molecule has 260 valence electrons. The first-order valence-electron chi connectivity index (χ1n) is 21.3. The molecule has 0 aromatic heterocycles. The predicted molar refractivity (Wildman–Crippen MR) is 214 cm³/mol. The highest BCUT2D eigenvalue weighted by molar-refractivity contribution is 6.34. The zero-order chi connectivity index (χ0) is 34.0. The predicted octanol–water partition coefficient (Wildman–Crippen LogP) is 12.2. The molecular weight excluding hydrogens is 574 g/mol. The minimum absolute atomic E-state index is 0.210. The molecule has 0 spiro atoms. The van der Waals surface area contributed by atoms with Crippen LogP contribution in [0.3, 0.4) is 0 Å². The fourth-order valence-corrected chi connectivity index (χ4v) is 11.0. The summed E-state index contributed by atoms with van der Waals surface area (Å²) in [4.78, 5) is 0. The lowest BCUT2D eigenvalue weighted by atomic mass is 9.54. The fourth-order valence-electron chi connectivity index (χ4n) is 11.0. The Morgan fingerprint density at radius 2 is 0.792 bits per heavy atom. The van der Waals surface area contributed by atoms with Gasteiger partial charge in [-0.2, -0.15) is 0 Å². The molecule has 2 aromatic carbocycles. The molecule has 2 saturated carbocycles. The van der Waals surface area contributed by atoms with E-state index in [1.54, 1.807) is 11.1 Å². The quantitative estimate of drug-likeness (QED) is 0.0884. The van der Waals surface area contributed by atoms with E-state index in [9.17, 15) is 0 Å². The Morgan fingerprint density at radius 1 is 0.458 bits per heavy atom. The lowest BCUT2D eigenvalue weighted by molar-refractivity contribution is 0.299. The minimum atomic E-state index is 0.210. The second kappa shape index (κ2) is 18.2. The van der Waals surface area contributed by atoms with Crippen molar-refractivity contribution in [2.45, 2.75) is 205 Å². The largest absolute Gasteiger partial charge is 0.114 e. The number of fused-ring (bicyclic) bond motifs is 3. The standard InChI is InChI=1S/C46H70B2/c1-5-9-13-17-19-23-35-31-45-33-36(24-20-18-14-10-6-2)34-46(45,32-35)42-30-44(48)38(26-22-16-12-8-4)28-40(42)39-27-37(25-21-15-11-7-3)43(47)29-41(39)45/h27-30,35-36H,5-26,31-34H2,1-4H3. The summed E-state index contributed by atoms with van der Waals surface area (Å²) in [7, 11) is 14.2. The lowest BCUT2D eigenvalue weighted by Crippen LogP contribution is -2.45. The third-order valence-corrected chi connectivity index (χ3v) is 13.4. The summed E-state index contributed by atoms with van der Waals surface area (Å²) in [5.41, 5.74) is 11.7. The van der Waals surface area contributed by atoms with Gasteiger partial charge in [-0.15, -0.1) is 0 Å². The van der Waals surface area contributed by atoms with Crippen molar-refractivity contribution in [1.29, 1.82) is 0 Å². The number of benzene rings is 2. The molecular formula is C46H70B2. The van der Waals surface area contributed by atoms with Gasteiger partial charge in [0, 0.05) is 10.8 Å². The number of unbranched alkanes of at least 4 members (excludes halogenated alkanes) is 14. The van der Waals surface area contributed by atoms with Crippen LogP contribution in [0.2, 0.25) is 0 Å². The van der Waals surface area contributed by atoms with Gasteiger partial charge in [0.1, 0.15) is 15.7 Å². The van der Waals surface area contributed by atoms with Crippen molar-refractivity contribution in [2.75, 3.05) is 0 Å². The summed E-state index contributed by atoms with van der Waals surface area (Å²) in [5.74, 6) is 1.61. The second-order valence-corrected chi connectivity index (χ2v) is 16.9. The SMILES string of the molecule is [B]c1cc2c(cc1CCCCCC)-c1cc(CCCCCC)c([B])cc1C13CC(CCCCCCC)CC21CC(CCCCCCC)C3. The van der Waals surface area contributed by atoms with E-state index >= 15 is 0 Å². The summed E-state index contributed by atoms with van der Waals surface area (Å²) in [6, 6.07) is 10.2. The normalized spacial score (nSPS) is 24.0. The molecule has 0 saturated heterocycles. The van der Waals surface area contributed by atoms with Crippen molar-refractivity contribution in [3.05, 3.63) is 46.5 Å². The average Bonchev–Trinajstić information content (AvgIpc) is 3.57. The number of aryl methyl sites for hydroxylation is 2. The molecule has 4 radical (unpaired) electrons. The van der Waals surface area contributed by atoms with Gasteiger partial charge in [0.2, 0.25) is 0 Å². The number of hydrogen-bond donors (Lipinski definition) is 0. The molecule has 0 aliphatic heterocycles. The van der Waals surface area contributed by atoms with Crippen LogP contribution in [0.5, 0.6) is 0 Å². The van der Waals surface area contributed by atoms with Gasteiger partial charge in [-0.3, -0.25) is 0 Å². The summed E-state index contributed by atoms with van der Waals surface area (Å²) in [5, 5.41) is 0. The first-order valence-corrected chi connectivity index (χ1v) is 21.3. The Kier molecular flexibility index (Phi) is 14.3. The van der Waals surface area contributed by atoms with Crippen LogP contribution in [-0.4, -0.2) is 15.7 Å². The van der Waals surface area contributed by atoms with E-state index in [4.69, 9.17) is 15.7 Å². The van der Waals surface area contributed by atoms with Gasteiger partial charge >= 0.3 is 0 Å². The Bertz CT molecular complexity index is 1180. The number of rotatable bonds is 22. The first-order chi connectivity index (χ1) is 23.4. The third-order valence-electron chi connectivity index (χ3n) is 13.4. The highest BCUT2D eigenvalue weighted by atomic mass is 14.7. The van der Waals surface area contributed by atoms with Gasteiger partial charge in [-0.1, -0.05) is 190 Å². The topological polar surface area (TPSA) is 0 Å². The second-order valence-electron chi connectivity index (χ2n) is 16.9. The van der Waals surface area contributed by atoms with Crippen molar-refractivity contribution in [3.8, 4) is 11.1 Å². The number of hydrogen-bond acceptors (Lipinski definition) is 0. The van der Waals surface area contributed by atoms with Gasteiger partial charge in [0.15, 0.2) is 0 Å². The molecule has 0 unspecified atom stereocenters. The maximum Gasteiger partial charge on any atom is 0.114 e. The lowest BCUT2D eigenvalue weighted by Gasteiger charge is -2.48. The minimum Gasteiger partial charge on any atom is -0.0932 e. The zero-order valence-corrected chi connectivity index (χ0v) is 32.0. The Balaban J connectivity index is 1.56. The van der Waals surface area contributed by atoms with Crippen LogP contribution in [0, 0.1) is 11.8 Å². The first kappa shape index (κ1) is 37.8. The molecule has 3 aliphatic carbocycles. The molecule has 0 heterocycles. The molecule has 2 heteroatoms. The van der Waals surface area contributed by atoms with Crippen molar-refractivity contribution < 1.29 is 0 Å². The van der Waals surface area contributed by atoms with Crippen LogP contribution in [0.4, 0.5) is 0 Å². The third kappa shape index (κ3) is 8.20. The van der Waals surface area contributed by atoms with Crippen LogP contribution in [0.1, 0.15) is 204 Å². The van der Waals surface area contributed by atoms with Crippen LogP contribution in [-0.2, 0) is 23.7 Å². The van der Waals surface area contributed by atoms with Gasteiger partial charge < -0.3 is 0 Å². The molecule has 2 aromatic rings. The van der Waals surface area contributed by atoms with Gasteiger partial charge in [0.25, 0.3) is 0 Å². The molecule has 0 nitrogen and oxygen atoms in total. The van der Waals surface area contributed by atoms with Crippen molar-refractivity contribution in [3.63, 3.8) is 0 Å². The van der Waals surface area contributed by atoms with E-state index in [-0.39, 0.29) is 10.8 Å². The molecule has 5 rings (SSSR count). The van der Waals surface area contributed by atoms with Crippen LogP contribution < -0.4 is 10.9 Å². The maximum atomic E-state index is 7.09. The van der Waals surface area contributed by atoms with Gasteiger partial charge in [0.05, 0.1) is 0 Å². The van der Waals surface area contributed by atoms with E-state index in [2.05, 4.69) is 52.0 Å². The van der Waals surface area contributed by atoms with E-state index in [0.29, 0.717) is 0 Å². The molecule has 0 atom stereocenters. The summed E-state index contributed by atoms with van der Waals surface area (Å²) in [6.07, 6.45) is 34.5. The Labute approximate surface area is 300 Å². The van der Waals surface area contributed by atoms with Crippen molar-refractivity contribution in [2.24, 2.45) is 11.8 Å². The molecule has 48 heavy (non-hydrogen) atoms. The fraction of sp³-hybridized carbons (Fsp3) is 0.739. The van der Waals surface area contributed by atoms with Crippen LogP contribution >= 0.6 is 0 Å². The molecule has 2 fully saturated rings. The smallest absolute Gasteiger partial charge is 0.0932 e. The average molecular weight is 645 g/mol.